The number of imidazole rings is 1. The molecule has 2 heterocycles. The molecule has 1 amide bonds. The van der Waals surface area contributed by atoms with E-state index in [2.05, 4.69) is 40.1 Å². The number of H-pyrrole nitrogens is 1. The summed E-state index contributed by atoms with van der Waals surface area (Å²) in [5, 5.41) is 13.2. The molecule has 0 aliphatic carbocycles. The molecule has 0 fully saturated rings. The van der Waals surface area contributed by atoms with Gasteiger partial charge in [-0.25, -0.2) is 9.78 Å². The highest BCUT2D eigenvalue weighted by Gasteiger charge is 2.25. The highest BCUT2D eigenvalue weighted by Crippen LogP contribution is 2.38. The summed E-state index contributed by atoms with van der Waals surface area (Å²) in [6.07, 6.45) is 2.84. The maximum atomic E-state index is 11.9. The fourth-order valence-electron chi connectivity index (χ4n) is 3.59. The summed E-state index contributed by atoms with van der Waals surface area (Å²) >= 11 is 0. The fraction of sp³-hybridized carbons (Fsp3) is 0.455. The molecule has 1 atom stereocenters. The lowest BCUT2D eigenvalue weighted by Crippen LogP contribution is -2.29. The summed E-state index contributed by atoms with van der Waals surface area (Å²) in [6, 6.07) is 6.06. The third-order valence-electron chi connectivity index (χ3n) is 5.34. The van der Waals surface area contributed by atoms with Gasteiger partial charge in [0.1, 0.15) is 5.75 Å². The number of anilines is 1. The van der Waals surface area contributed by atoms with E-state index in [9.17, 15) is 9.90 Å². The quantitative estimate of drug-likeness (QED) is 0.583. The molecule has 0 bridgehead atoms. The van der Waals surface area contributed by atoms with Gasteiger partial charge in [-0.05, 0) is 38.5 Å². The van der Waals surface area contributed by atoms with Gasteiger partial charge in [-0.15, -0.1) is 0 Å². The minimum Gasteiger partial charge on any atom is -0.460 e. The first-order valence-electron chi connectivity index (χ1n) is 10.3. The summed E-state index contributed by atoms with van der Waals surface area (Å²) in [6.45, 7) is 8.59. The number of rotatable bonds is 9. The van der Waals surface area contributed by atoms with Crippen LogP contribution < -0.4 is 15.0 Å². The predicted molar refractivity (Wildman–Crippen MR) is 115 cm³/mol. The number of nitrogens with one attached hydrogen (secondary N) is 2. The van der Waals surface area contributed by atoms with Crippen molar-refractivity contribution in [3.63, 3.8) is 0 Å². The van der Waals surface area contributed by atoms with Crippen LogP contribution in [0.5, 0.6) is 5.75 Å². The van der Waals surface area contributed by atoms with Crippen LogP contribution in [0.1, 0.15) is 38.4 Å². The van der Waals surface area contributed by atoms with E-state index in [0.717, 1.165) is 41.2 Å². The molecular weight excluding hydrogens is 384 g/mol. The number of aliphatic hydroxyl groups is 1. The maximum absolute atomic E-state index is 11.9. The number of carbonyl (C=O) groups excluding carboxylic acids is 1. The predicted octanol–water partition coefficient (Wildman–Crippen LogP) is 3.10. The van der Waals surface area contributed by atoms with Crippen LogP contribution in [0.2, 0.25) is 0 Å². The zero-order chi connectivity index (χ0) is 21.5. The number of fused-ring (bicyclic) bond motifs is 1. The molecule has 0 spiro atoms. The molecule has 0 saturated carbocycles. The van der Waals surface area contributed by atoms with Gasteiger partial charge in [0.2, 0.25) is 6.29 Å². The fourth-order valence-corrected chi connectivity index (χ4v) is 3.59. The van der Waals surface area contributed by atoms with Crippen molar-refractivity contribution in [2.75, 3.05) is 31.1 Å². The van der Waals surface area contributed by atoms with E-state index < -0.39 is 12.4 Å². The Hall–Kier alpha value is -3.00. The Morgan fingerprint density at radius 1 is 1.33 bits per heavy atom. The first kappa shape index (κ1) is 21.7. The van der Waals surface area contributed by atoms with Crippen molar-refractivity contribution in [2.45, 2.75) is 39.9 Å². The van der Waals surface area contributed by atoms with E-state index in [1.54, 1.807) is 12.5 Å². The number of nitrogens with zero attached hydrogens (tertiary/aromatic N) is 2. The first-order valence-corrected chi connectivity index (χ1v) is 10.3. The number of benzene rings is 1. The Morgan fingerprint density at radius 3 is 2.83 bits per heavy atom. The molecule has 1 aromatic carbocycles. The van der Waals surface area contributed by atoms with Gasteiger partial charge in [0, 0.05) is 67.3 Å². The van der Waals surface area contributed by atoms with Crippen molar-refractivity contribution in [3.8, 4) is 5.75 Å². The Labute approximate surface area is 176 Å². The number of hydrogen-bond donors (Lipinski definition) is 3. The normalized spacial score (nSPS) is 15.4. The van der Waals surface area contributed by atoms with Crippen LogP contribution in [-0.4, -0.2) is 53.7 Å². The van der Waals surface area contributed by atoms with Crippen LogP contribution in [0.4, 0.5) is 10.5 Å². The van der Waals surface area contributed by atoms with Crippen molar-refractivity contribution >= 4 is 17.4 Å². The molecule has 1 aliphatic heterocycles. The largest absolute Gasteiger partial charge is 0.460 e. The Morgan fingerprint density at radius 2 is 2.13 bits per heavy atom. The van der Waals surface area contributed by atoms with Crippen molar-refractivity contribution in [1.82, 2.24) is 15.3 Å². The molecule has 1 aromatic heterocycles. The molecule has 3 N–H and O–H groups in total. The topological polar surface area (TPSA) is 99.7 Å². The average molecular weight is 415 g/mol. The zero-order valence-corrected chi connectivity index (χ0v) is 17.8. The Kier molecular flexibility index (Phi) is 7.35. The summed E-state index contributed by atoms with van der Waals surface area (Å²) in [4.78, 5) is 21.0. The number of aromatic nitrogens is 2. The minimum absolute atomic E-state index is 0.163. The second-order valence-corrected chi connectivity index (χ2v) is 7.11. The lowest BCUT2D eigenvalue weighted by atomic mass is 9.95. The van der Waals surface area contributed by atoms with Crippen molar-refractivity contribution < 1.29 is 19.4 Å². The van der Waals surface area contributed by atoms with Crippen molar-refractivity contribution in [2.24, 2.45) is 0 Å². The molecule has 3 rings (SSSR count). The van der Waals surface area contributed by atoms with E-state index >= 15 is 0 Å². The monoisotopic (exact) mass is 414 g/mol. The minimum atomic E-state index is -1.04. The number of alkyl carbamates (subject to hydrolysis) is 1. The summed E-state index contributed by atoms with van der Waals surface area (Å²) in [5.74, 6) is 0.672. The van der Waals surface area contributed by atoms with E-state index in [1.165, 1.54) is 0 Å². The number of ether oxygens (including phenoxy) is 2. The van der Waals surface area contributed by atoms with Gasteiger partial charge in [0.15, 0.2) is 0 Å². The molecule has 0 saturated heterocycles. The van der Waals surface area contributed by atoms with Crippen LogP contribution in [0.25, 0.3) is 5.57 Å². The van der Waals surface area contributed by atoms with Crippen LogP contribution in [0, 0.1) is 0 Å². The average Bonchev–Trinajstić information content (AvgIpc) is 3.25. The first-order chi connectivity index (χ1) is 14.5. The molecular formula is C22H30N4O4. The van der Waals surface area contributed by atoms with Gasteiger partial charge in [-0.3, -0.25) is 0 Å². The lowest BCUT2D eigenvalue weighted by molar-refractivity contribution is 0.00748. The van der Waals surface area contributed by atoms with E-state index in [1.807, 2.05) is 19.1 Å². The second-order valence-electron chi connectivity index (χ2n) is 7.11. The number of hydrogen-bond acceptors (Lipinski definition) is 6. The summed E-state index contributed by atoms with van der Waals surface area (Å²) < 4.78 is 11.0. The van der Waals surface area contributed by atoms with Gasteiger partial charge < -0.3 is 29.8 Å². The number of carbonyl (C=O) groups is 1. The van der Waals surface area contributed by atoms with Gasteiger partial charge in [-0.1, -0.05) is 0 Å². The summed E-state index contributed by atoms with van der Waals surface area (Å²) in [5.41, 5.74) is 4.65. The Balaban J connectivity index is 1.55. The van der Waals surface area contributed by atoms with Gasteiger partial charge in [-0.2, -0.15) is 0 Å². The zero-order valence-electron chi connectivity index (χ0n) is 17.8. The van der Waals surface area contributed by atoms with Crippen LogP contribution in [0.3, 0.4) is 0 Å². The van der Waals surface area contributed by atoms with E-state index in [0.29, 0.717) is 25.1 Å². The maximum Gasteiger partial charge on any atom is 0.407 e. The SMILES string of the molecule is CCN(CC)c1ccc2c(c1)OC(O)C(CCOC(=O)NCCc1cnc[nH]1)=C2C. The number of aliphatic hydroxyl groups excluding tert-OH is 1. The molecule has 2 aromatic rings. The molecule has 162 valence electrons. The van der Waals surface area contributed by atoms with Gasteiger partial charge in [0.05, 0.1) is 12.9 Å². The molecule has 30 heavy (non-hydrogen) atoms. The number of aromatic amines is 1. The molecule has 8 nitrogen and oxygen atoms in total. The molecule has 1 aliphatic rings. The van der Waals surface area contributed by atoms with Crippen molar-refractivity contribution in [1.29, 1.82) is 0 Å². The van der Waals surface area contributed by atoms with Crippen molar-refractivity contribution in [3.05, 3.63) is 47.6 Å². The van der Waals surface area contributed by atoms with Crippen LogP contribution in [-0.2, 0) is 11.2 Å². The standard InChI is InChI=1S/C22H30N4O4/c1-4-26(5-2)17-6-7-18-15(3)19(21(27)30-20(18)12-17)9-11-29-22(28)24-10-8-16-13-23-14-25-16/h6-7,12-14,21,27H,4-5,8-11H2,1-3H3,(H,23,25)(H,24,28). The van der Waals surface area contributed by atoms with Gasteiger partial charge in [0.25, 0.3) is 0 Å². The van der Waals surface area contributed by atoms with Crippen LogP contribution >= 0.6 is 0 Å². The highest BCUT2D eigenvalue weighted by atomic mass is 16.6. The lowest BCUT2D eigenvalue weighted by Gasteiger charge is -2.29. The molecule has 0 radical (unpaired) electrons. The number of amides is 1. The third-order valence-corrected chi connectivity index (χ3v) is 5.34. The van der Waals surface area contributed by atoms with E-state index in [-0.39, 0.29) is 6.61 Å². The van der Waals surface area contributed by atoms with E-state index in [4.69, 9.17) is 9.47 Å². The third kappa shape index (κ3) is 5.13. The van der Waals surface area contributed by atoms with Crippen LogP contribution in [0.15, 0.2) is 36.3 Å². The van der Waals surface area contributed by atoms with Gasteiger partial charge >= 0.3 is 6.09 Å². The number of allylic oxidation sites excluding steroid dienone is 1. The summed E-state index contributed by atoms with van der Waals surface area (Å²) in [7, 11) is 0. The second kappa shape index (κ2) is 10.2. The Bertz CT molecular complexity index is 875. The highest BCUT2D eigenvalue weighted by molar-refractivity contribution is 5.76. The smallest absolute Gasteiger partial charge is 0.407 e. The molecule has 1 unspecified atom stereocenters. The molecule has 8 heteroatoms.